The van der Waals surface area contributed by atoms with Crippen LogP contribution in [0.15, 0.2) is 16.6 Å². The van der Waals surface area contributed by atoms with Crippen LogP contribution in [0.2, 0.25) is 0 Å². The molecule has 0 aromatic heterocycles. The molecule has 1 aromatic rings. The number of methoxy groups -OCH3 is 1. The van der Waals surface area contributed by atoms with Crippen LogP contribution >= 0.6 is 15.9 Å². The summed E-state index contributed by atoms with van der Waals surface area (Å²) in [6.07, 6.45) is 2.41. The molecule has 1 aromatic carbocycles. The predicted octanol–water partition coefficient (Wildman–Crippen LogP) is 2.70. The maximum absolute atomic E-state index is 11.4. The molecule has 0 spiro atoms. The van der Waals surface area contributed by atoms with Crippen molar-refractivity contribution in [2.75, 3.05) is 12.8 Å². The lowest BCUT2D eigenvalue weighted by Gasteiger charge is -2.08. The summed E-state index contributed by atoms with van der Waals surface area (Å²) in [4.78, 5) is 11.4. The van der Waals surface area contributed by atoms with E-state index in [2.05, 4.69) is 20.7 Å². The van der Waals surface area contributed by atoms with Gasteiger partial charge in [-0.05, 0) is 36.5 Å². The summed E-state index contributed by atoms with van der Waals surface area (Å²) in [5.41, 5.74) is 7.92. The van der Waals surface area contributed by atoms with E-state index >= 15 is 0 Å². The third-order valence-corrected chi connectivity index (χ3v) is 3.28. The quantitative estimate of drug-likeness (QED) is 0.664. The highest BCUT2D eigenvalue weighted by Gasteiger charge is 2.27. The molecule has 1 fully saturated rings. The summed E-state index contributed by atoms with van der Waals surface area (Å²) in [5, 5.41) is 0. The second kappa shape index (κ2) is 3.85. The molecule has 0 radical (unpaired) electrons. The van der Waals surface area contributed by atoms with Crippen molar-refractivity contribution < 1.29 is 9.53 Å². The van der Waals surface area contributed by atoms with Crippen molar-refractivity contribution in [1.29, 1.82) is 0 Å². The van der Waals surface area contributed by atoms with Crippen molar-refractivity contribution in [3.8, 4) is 0 Å². The monoisotopic (exact) mass is 269 g/mol. The Morgan fingerprint density at radius 1 is 1.53 bits per heavy atom. The zero-order valence-electron chi connectivity index (χ0n) is 8.42. The van der Waals surface area contributed by atoms with Crippen molar-refractivity contribution in [3.63, 3.8) is 0 Å². The van der Waals surface area contributed by atoms with Crippen molar-refractivity contribution in [1.82, 2.24) is 0 Å². The number of esters is 1. The van der Waals surface area contributed by atoms with Gasteiger partial charge >= 0.3 is 5.97 Å². The molecule has 2 rings (SSSR count). The summed E-state index contributed by atoms with van der Waals surface area (Å²) >= 11 is 3.46. The smallest absolute Gasteiger partial charge is 0.339 e. The summed E-state index contributed by atoms with van der Waals surface area (Å²) in [6.45, 7) is 0. The Labute approximate surface area is 96.7 Å². The Balaban J connectivity index is 2.42. The van der Waals surface area contributed by atoms with Gasteiger partial charge in [0.1, 0.15) is 0 Å². The van der Waals surface area contributed by atoms with Gasteiger partial charge in [0.05, 0.1) is 12.7 Å². The predicted molar refractivity (Wildman–Crippen MR) is 61.9 cm³/mol. The highest BCUT2D eigenvalue weighted by molar-refractivity contribution is 9.10. The minimum absolute atomic E-state index is 0.393. The van der Waals surface area contributed by atoms with Gasteiger partial charge in [-0.2, -0.15) is 0 Å². The molecule has 0 aliphatic heterocycles. The molecule has 0 amide bonds. The fourth-order valence-corrected chi connectivity index (χ4v) is 2.27. The van der Waals surface area contributed by atoms with Crippen LogP contribution < -0.4 is 5.73 Å². The number of anilines is 1. The standard InChI is InChI=1S/C11H12BrNO2/c1-15-11(14)8-4-9(12)7(5-10(8)13)6-2-3-6/h4-6H,2-3,13H2,1H3. The Bertz CT molecular complexity index is 413. The molecule has 3 nitrogen and oxygen atoms in total. The third kappa shape index (κ3) is 2.00. The summed E-state index contributed by atoms with van der Waals surface area (Å²) < 4.78 is 5.59. The van der Waals surface area contributed by atoms with E-state index in [0.29, 0.717) is 17.2 Å². The number of halogens is 1. The number of hydrogen-bond donors (Lipinski definition) is 1. The topological polar surface area (TPSA) is 52.3 Å². The first-order chi connectivity index (χ1) is 7.13. The maximum atomic E-state index is 11.4. The molecular weight excluding hydrogens is 258 g/mol. The molecule has 15 heavy (non-hydrogen) atoms. The van der Waals surface area contributed by atoms with Crippen LogP contribution in [0.5, 0.6) is 0 Å². The number of nitrogens with two attached hydrogens (primary N) is 1. The van der Waals surface area contributed by atoms with Gasteiger partial charge in [0.2, 0.25) is 0 Å². The van der Waals surface area contributed by atoms with Gasteiger partial charge in [0.25, 0.3) is 0 Å². The van der Waals surface area contributed by atoms with Crippen LogP contribution in [0.1, 0.15) is 34.7 Å². The number of ether oxygens (including phenoxy) is 1. The Morgan fingerprint density at radius 3 is 2.73 bits per heavy atom. The van der Waals surface area contributed by atoms with Crippen LogP contribution in [-0.2, 0) is 4.74 Å². The van der Waals surface area contributed by atoms with Crippen molar-refractivity contribution in [3.05, 3.63) is 27.7 Å². The first-order valence-corrected chi connectivity index (χ1v) is 5.60. The minimum Gasteiger partial charge on any atom is -0.465 e. The lowest BCUT2D eigenvalue weighted by molar-refractivity contribution is 0.0602. The summed E-state index contributed by atoms with van der Waals surface area (Å²) in [5.74, 6) is 0.212. The molecule has 0 unspecified atom stereocenters. The van der Waals surface area contributed by atoms with E-state index in [1.54, 1.807) is 6.07 Å². The highest BCUT2D eigenvalue weighted by atomic mass is 79.9. The van der Waals surface area contributed by atoms with E-state index in [0.717, 1.165) is 4.47 Å². The van der Waals surface area contributed by atoms with Crippen LogP contribution in [0, 0.1) is 0 Å². The normalized spacial score (nSPS) is 15.1. The van der Waals surface area contributed by atoms with Gasteiger partial charge < -0.3 is 10.5 Å². The average Bonchev–Trinajstić information content (AvgIpc) is 3.03. The molecule has 1 saturated carbocycles. The first-order valence-electron chi connectivity index (χ1n) is 4.80. The van der Waals surface area contributed by atoms with Gasteiger partial charge in [0, 0.05) is 10.2 Å². The number of carbonyl (C=O) groups excluding carboxylic acids is 1. The zero-order chi connectivity index (χ0) is 11.0. The Morgan fingerprint density at radius 2 is 2.20 bits per heavy atom. The molecule has 0 saturated heterocycles. The van der Waals surface area contributed by atoms with Gasteiger partial charge in [-0.1, -0.05) is 15.9 Å². The number of nitrogen functional groups attached to an aromatic ring is 1. The van der Waals surface area contributed by atoms with Crippen LogP contribution in [0.25, 0.3) is 0 Å². The van der Waals surface area contributed by atoms with Crippen molar-refractivity contribution in [2.45, 2.75) is 18.8 Å². The fraction of sp³-hybridized carbons (Fsp3) is 0.364. The van der Waals surface area contributed by atoms with Crippen LogP contribution in [0.4, 0.5) is 5.69 Å². The van der Waals surface area contributed by atoms with E-state index in [-0.39, 0.29) is 0 Å². The SMILES string of the molecule is COC(=O)c1cc(Br)c(C2CC2)cc1N. The average molecular weight is 270 g/mol. The highest BCUT2D eigenvalue weighted by Crippen LogP contribution is 2.44. The van der Waals surface area contributed by atoms with E-state index in [4.69, 9.17) is 5.73 Å². The number of benzene rings is 1. The molecule has 0 heterocycles. The minimum atomic E-state index is -0.393. The fourth-order valence-electron chi connectivity index (χ4n) is 1.60. The van der Waals surface area contributed by atoms with E-state index < -0.39 is 5.97 Å². The van der Waals surface area contributed by atoms with Gasteiger partial charge in [-0.3, -0.25) is 0 Å². The molecule has 80 valence electrons. The number of carbonyl (C=O) groups is 1. The largest absolute Gasteiger partial charge is 0.465 e. The van der Waals surface area contributed by atoms with Gasteiger partial charge in [-0.15, -0.1) is 0 Å². The van der Waals surface area contributed by atoms with Crippen molar-refractivity contribution >= 4 is 27.6 Å². The third-order valence-electron chi connectivity index (χ3n) is 2.59. The molecular formula is C11H12BrNO2. The second-order valence-electron chi connectivity index (χ2n) is 3.73. The van der Waals surface area contributed by atoms with E-state index in [9.17, 15) is 4.79 Å². The molecule has 4 heteroatoms. The van der Waals surface area contributed by atoms with E-state index in [1.165, 1.54) is 25.5 Å². The maximum Gasteiger partial charge on any atom is 0.339 e. The molecule has 2 N–H and O–H groups in total. The van der Waals surface area contributed by atoms with Crippen LogP contribution in [0.3, 0.4) is 0 Å². The van der Waals surface area contributed by atoms with Crippen LogP contribution in [-0.4, -0.2) is 13.1 Å². The van der Waals surface area contributed by atoms with E-state index in [1.807, 2.05) is 6.07 Å². The molecule has 0 atom stereocenters. The van der Waals surface area contributed by atoms with Gasteiger partial charge in [0.15, 0.2) is 0 Å². The molecule has 1 aliphatic rings. The second-order valence-corrected chi connectivity index (χ2v) is 4.58. The lowest BCUT2D eigenvalue weighted by Crippen LogP contribution is -2.06. The Kier molecular flexibility index (Phi) is 2.69. The van der Waals surface area contributed by atoms with Crippen molar-refractivity contribution in [2.24, 2.45) is 0 Å². The first kappa shape index (κ1) is 10.5. The number of hydrogen-bond acceptors (Lipinski definition) is 3. The number of rotatable bonds is 2. The Hall–Kier alpha value is -1.03. The van der Waals surface area contributed by atoms with Gasteiger partial charge in [-0.25, -0.2) is 4.79 Å². The zero-order valence-corrected chi connectivity index (χ0v) is 10.0. The molecule has 0 bridgehead atoms. The summed E-state index contributed by atoms with van der Waals surface area (Å²) in [7, 11) is 1.35. The summed E-state index contributed by atoms with van der Waals surface area (Å²) in [6, 6.07) is 3.61. The molecule has 1 aliphatic carbocycles. The lowest BCUT2D eigenvalue weighted by atomic mass is 10.1.